The molecule has 3 rings (SSSR count). The molecule has 2 aromatic rings. The molecule has 1 aliphatic rings. The number of aryl methyl sites for hydroxylation is 2. The van der Waals surface area contributed by atoms with Crippen molar-refractivity contribution in [2.45, 2.75) is 32.9 Å². The summed E-state index contributed by atoms with van der Waals surface area (Å²) in [6.45, 7) is 6.39. The van der Waals surface area contributed by atoms with Crippen LogP contribution in [0.1, 0.15) is 30.0 Å². The summed E-state index contributed by atoms with van der Waals surface area (Å²) in [5.74, 6) is 0. The molecule has 1 heterocycles. The first kappa shape index (κ1) is 15.0. The number of nitrogens with zero attached hydrogens (tertiary/aromatic N) is 1. The topological polar surface area (TPSA) is 27.3 Å². The number of benzene rings is 2. The average Bonchev–Trinajstić information content (AvgIpc) is 2.89. The van der Waals surface area contributed by atoms with Crippen molar-refractivity contribution in [1.29, 1.82) is 0 Å². The zero-order valence-electron chi connectivity index (χ0n) is 13.2. The first-order chi connectivity index (χ1) is 10.6. The molecule has 1 fully saturated rings. The van der Waals surface area contributed by atoms with Crippen molar-refractivity contribution in [3.05, 3.63) is 65.2 Å². The van der Waals surface area contributed by atoms with E-state index in [1.807, 2.05) is 11.1 Å². The Morgan fingerprint density at radius 1 is 1.05 bits per heavy atom. The summed E-state index contributed by atoms with van der Waals surface area (Å²) >= 11 is 5.57. The SMILES string of the molecule is CC[C@]1(c2ccccc2)NC(=S)N(c2ccc(C)c(C)c2)N1. The number of nitrogens with one attached hydrogen (secondary N) is 2. The van der Waals surface area contributed by atoms with E-state index in [1.54, 1.807) is 0 Å². The van der Waals surface area contributed by atoms with Crippen molar-refractivity contribution >= 4 is 23.0 Å². The molecule has 22 heavy (non-hydrogen) atoms. The van der Waals surface area contributed by atoms with Crippen LogP contribution in [0.25, 0.3) is 0 Å². The quantitative estimate of drug-likeness (QED) is 0.844. The lowest BCUT2D eigenvalue weighted by Crippen LogP contribution is -2.47. The van der Waals surface area contributed by atoms with E-state index in [-0.39, 0.29) is 5.66 Å². The van der Waals surface area contributed by atoms with Crippen LogP contribution in [0, 0.1) is 13.8 Å². The van der Waals surface area contributed by atoms with Gasteiger partial charge >= 0.3 is 0 Å². The predicted octanol–water partition coefficient (Wildman–Crippen LogP) is 3.77. The number of hydrogen-bond donors (Lipinski definition) is 2. The molecular weight excluding hydrogens is 290 g/mol. The van der Waals surface area contributed by atoms with Gasteiger partial charge in [0, 0.05) is 0 Å². The summed E-state index contributed by atoms with van der Waals surface area (Å²) in [5, 5.41) is 6.14. The van der Waals surface area contributed by atoms with Gasteiger partial charge < -0.3 is 5.32 Å². The fraction of sp³-hybridized carbons (Fsp3) is 0.278. The summed E-state index contributed by atoms with van der Waals surface area (Å²) in [6.07, 6.45) is 0.887. The van der Waals surface area contributed by atoms with Gasteiger partial charge in [-0.15, -0.1) is 0 Å². The smallest absolute Gasteiger partial charge is 0.190 e. The van der Waals surface area contributed by atoms with E-state index in [0.29, 0.717) is 5.11 Å². The average molecular weight is 311 g/mol. The second-order valence-electron chi connectivity index (χ2n) is 5.77. The van der Waals surface area contributed by atoms with Crippen molar-refractivity contribution in [3.63, 3.8) is 0 Å². The maximum absolute atomic E-state index is 5.57. The van der Waals surface area contributed by atoms with E-state index < -0.39 is 0 Å². The Labute approximate surface area is 137 Å². The molecule has 2 aromatic carbocycles. The van der Waals surface area contributed by atoms with Crippen molar-refractivity contribution in [2.24, 2.45) is 0 Å². The molecule has 0 aromatic heterocycles. The van der Waals surface area contributed by atoms with Crippen molar-refractivity contribution < 1.29 is 0 Å². The van der Waals surface area contributed by atoms with Crippen LogP contribution in [0.4, 0.5) is 5.69 Å². The van der Waals surface area contributed by atoms with Gasteiger partial charge in [-0.05, 0) is 61.3 Å². The summed E-state index contributed by atoms with van der Waals surface area (Å²) in [4.78, 5) is 0. The zero-order valence-corrected chi connectivity index (χ0v) is 14.0. The predicted molar refractivity (Wildman–Crippen MR) is 95.7 cm³/mol. The normalized spacial score (nSPS) is 21.0. The molecule has 0 unspecified atom stereocenters. The molecule has 1 atom stereocenters. The van der Waals surface area contributed by atoms with Gasteiger partial charge in [-0.1, -0.05) is 43.3 Å². The second-order valence-corrected chi connectivity index (χ2v) is 6.16. The minimum atomic E-state index is -0.350. The van der Waals surface area contributed by atoms with Gasteiger partial charge in [0.05, 0.1) is 5.69 Å². The van der Waals surface area contributed by atoms with Crippen LogP contribution >= 0.6 is 12.2 Å². The van der Waals surface area contributed by atoms with Gasteiger partial charge in [-0.2, -0.15) is 5.43 Å². The van der Waals surface area contributed by atoms with Crippen molar-refractivity contribution in [3.8, 4) is 0 Å². The minimum absolute atomic E-state index is 0.350. The van der Waals surface area contributed by atoms with Crippen LogP contribution in [-0.4, -0.2) is 5.11 Å². The molecular formula is C18H21N3S. The van der Waals surface area contributed by atoms with E-state index >= 15 is 0 Å². The fourth-order valence-corrected chi connectivity index (χ4v) is 3.11. The monoisotopic (exact) mass is 311 g/mol. The van der Waals surface area contributed by atoms with E-state index in [9.17, 15) is 0 Å². The molecule has 2 N–H and O–H groups in total. The lowest BCUT2D eigenvalue weighted by molar-refractivity contribution is 0.337. The van der Waals surface area contributed by atoms with E-state index in [1.165, 1.54) is 16.7 Å². The Morgan fingerprint density at radius 3 is 2.41 bits per heavy atom. The molecule has 0 aliphatic carbocycles. The second kappa shape index (κ2) is 5.71. The summed E-state index contributed by atoms with van der Waals surface area (Å²) in [6, 6.07) is 16.8. The largest absolute Gasteiger partial charge is 0.338 e. The standard InChI is InChI=1S/C18H21N3S/c1-4-18(15-8-6-5-7-9-15)19-17(22)21(20-18)16-11-10-13(2)14(3)12-16/h5-12,20H,4H2,1-3H3,(H,19,22)/t18-/m0/s1. The molecule has 3 nitrogen and oxygen atoms in total. The van der Waals surface area contributed by atoms with Crippen LogP contribution in [-0.2, 0) is 5.66 Å². The zero-order chi connectivity index (χ0) is 15.7. The summed E-state index contributed by atoms with van der Waals surface area (Å²) < 4.78 is 0. The number of hydrogen-bond acceptors (Lipinski definition) is 2. The number of thiocarbonyl (C=S) groups is 1. The van der Waals surface area contributed by atoms with Gasteiger partial charge in [0.1, 0.15) is 5.66 Å². The first-order valence-corrected chi connectivity index (χ1v) is 7.99. The molecule has 0 saturated carbocycles. The highest BCUT2D eigenvalue weighted by atomic mass is 32.1. The maximum Gasteiger partial charge on any atom is 0.190 e. The Bertz CT molecular complexity index is 699. The lowest BCUT2D eigenvalue weighted by atomic mass is 9.98. The van der Waals surface area contributed by atoms with E-state index in [2.05, 4.69) is 74.0 Å². The van der Waals surface area contributed by atoms with Crippen LogP contribution in [0.5, 0.6) is 0 Å². The third-order valence-electron chi connectivity index (χ3n) is 4.37. The lowest BCUT2D eigenvalue weighted by Gasteiger charge is -2.29. The third-order valence-corrected chi connectivity index (χ3v) is 4.66. The highest BCUT2D eigenvalue weighted by Crippen LogP contribution is 2.30. The number of rotatable bonds is 3. The minimum Gasteiger partial charge on any atom is -0.338 e. The van der Waals surface area contributed by atoms with Crippen molar-refractivity contribution in [2.75, 3.05) is 5.01 Å². The van der Waals surface area contributed by atoms with Gasteiger partial charge in [0.15, 0.2) is 5.11 Å². The Morgan fingerprint density at radius 2 is 1.77 bits per heavy atom. The van der Waals surface area contributed by atoms with E-state index in [0.717, 1.165) is 12.1 Å². The van der Waals surface area contributed by atoms with Crippen LogP contribution < -0.4 is 15.8 Å². The third kappa shape index (κ3) is 2.49. The van der Waals surface area contributed by atoms with Gasteiger partial charge in [-0.25, -0.2) is 5.01 Å². The molecule has 1 aliphatic heterocycles. The van der Waals surface area contributed by atoms with Crippen molar-refractivity contribution in [1.82, 2.24) is 10.7 Å². The molecule has 0 bridgehead atoms. The van der Waals surface area contributed by atoms with Gasteiger partial charge in [0.2, 0.25) is 0 Å². The number of anilines is 1. The molecule has 0 amide bonds. The molecule has 1 saturated heterocycles. The Kier molecular flexibility index (Phi) is 3.89. The molecule has 0 radical (unpaired) electrons. The number of hydrazine groups is 1. The van der Waals surface area contributed by atoms with E-state index in [4.69, 9.17) is 12.2 Å². The molecule has 114 valence electrons. The van der Waals surface area contributed by atoms with Crippen LogP contribution in [0.2, 0.25) is 0 Å². The van der Waals surface area contributed by atoms with Gasteiger partial charge in [-0.3, -0.25) is 0 Å². The fourth-order valence-electron chi connectivity index (χ4n) is 2.79. The Hall–Kier alpha value is -1.91. The maximum atomic E-state index is 5.57. The van der Waals surface area contributed by atoms with Crippen LogP contribution in [0.3, 0.4) is 0 Å². The first-order valence-electron chi connectivity index (χ1n) is 7.58. The molecule has 4 heteroatoms. The highest BCUT2D eigenvalue weighted by Gasteiger charge is 2.40. The van der Waals surface area contributed by atoms with Gasteiger partial charge in [0.25, 0.3) is 0 Å². The highest BCUT2D eigenvalue weighted by molar-refractivity contribution is 7.80. The Balaban J connectivity index is 1.96. The summed E-state index contributed by atoms with van der Waals surface area (Å²) in [7, 11) is 0. The summed E-state index contributed by atoms with van der Waals surface area (Å²) in [5.41, 5.74) is 8.01. The molecule has 0 spiro atoms. The van der Waals surface area contributed by atoms with Crippen LogP contribution in [0.15, 0.2) is 48.5 Å².